The lowest BCUT2D eigenvalue weighted by atomic mass is 10.1. The van der Waals surface area contributed by atoms with Gasteiger partial charge in [-0.2, -0.15) is 5.10 Å². The number of hydrogen-bond donors (Lipinski definition) is 3. The summed E-state index contributed by atoms with van der Waals surface area (Å²) < 4.78 is 1.84. The highest BCUT2D eigenvalue weighted by atomic mass is 16.3. The van der Waals surface area contributed by atoms with Crippen molar-refractivity contribution < 1.29 is 5.11 Å². The highest BCUT2D eigenvalue weighted by molar-refractivity contribution is 5.65. The van der Waals surface area contributed by atoms with Gasteiger partial charge < -0.3 is 16.2 Å². The van der Waals surface area contributed by atoms with Gasteiger partial charge in [-0.25, -0.2) is 4.68 Å². The zero-order chi connectivity index (χ0) is 12.5. The fourth-order valence-electron chi connectivity index (χ4n) is 1.41. The molecule has 0 radical (unpaired) electrons. The highest BCUT2D eigenvalue weighted by Crippen LogP contribution is 2.25. The van der Waals surface area contributed by atoms with Crippen LogP contribution in [0.2, 0.25) is 0 Å². The van der Waals surface area contributed by atoms with E-state index < -0.39 is 5.60 Å². The molecule has 0 saturated heterocycles. The smallest absolute Gasteiger partial charge is 0.148 e. The van der Waals surface area contributed by atoms with E-state index in [-0.39, 0.29) is 6.04 Å². The summed E-state index contributed by atoms with van der Waals surface area (Å²) in [6.07, 6.45) is 0. The molecule has 0 aliphatic heterocycles. The summed E-state index contributed by atoms with van der Waals surface area (Å²) in [6.45, 7) is 9.90. The molecule has 0 bridgehead atoms. The maximum atomic E-state index is 9.67. The SMILES string of the molecule is Cc1nn(C(C)C)c(NCC(C)(C)O)c1N. The van der Waals surface area contributed by atoms with Gasteiger partial charge in [-0.15, -0.1) is 0 Å². The molecule has 1 aromatic rings. The molecule has 0 atom stereocenters. The minimum Gasteiger partial charge on any atom is -0.394 e. The largest absolute Gasteiger partial charge is 0.394 e. The van der Waals surface area contributed by atoms with Crippen LogP contribution in [0.15, 0.2) is 0 Å². The van der Waals surface area contributed by atoms with Gasteiger partial charge in [0.05, 0.1) is 17.0 Å². The van der Waals surface area contributed by atoms with Gasteiger partial charge >= 0.3 is 0 Å². The molecule has 1 heterocycles. The third kappa shape index (κ3) is 2.88. The predicted molar refractivity (Wildman–Crippen MR) is 66.5 cm³/mol. The van der Waals surface area contributed by atoms with Crippen LogP contribution in [0.5, 0.6) is 0 Å². The van der Waals surface area contributed by atoms with E-state index in [1.54, 1.807) is 13.8 Å². The van der Waals surface area contributed by atoms with Crippen LogP contribution in [0.1, 0.15) is 39.4 Å². The second-order valence-electron chi connectivity index (χ2n) is 5.05. The average Bonchev–Trinajstić information content (AvgIpc) is 2.39. The summed E-state index contributed by atoms with van der Waals surface area (Å²) in [6, 6.07) is 0.236. The molecule has 5 nitrogen and oxygen atoms in total. The average molecular weight is 226 g/mol. The van der Waals surface area contributed by atoms with Gasteiger partial charge in [0.2, 0.25) is 0 Å². The number of anilines is 2. The quantitative estimate of drug-likeness (QED) is 0.728. The molecule has 1 aromatic heterocycles. The Balaban J connectivity index is 2.93. The normalized spacial score (nSPS) is 12.2. The van der Waals surface area contributed by atoms with E-state index in [0.717, 1.165) is 11.5 Å². The van der Waals surface area contributed by atoms with Crippen LogP contribution in [-0.4, -0.2) is 27.0 Å². The molecule has 0 aliphatic carbocycles. The molecule has 0 unspecified atom stereocenters. The molecule has 4 N–H and O–H groups in total. The van der Waals surface area contributed by atoms with Crippen molar-refractivity contribution in [2.75, 3.05) is 17.6 Å². The number of aromatic nitrogens is 2. The van der Waals surface area contributed by atoms with E-state index in [9.17, 15) is 5.11 Å². The summed E-state index contributed by atoms with van der Waals surface area (Å²) >= 11 is 0. The van der Waals surface area contributed by atoms with Gasteiger partial charge in [0, 0.05) is 12.6 Å². The van der Waals surface area contributed by atoms with Gasteiger partial charge in [-0.1, -0.05) is 0 Å². The lowest BCUT2D eigenvalue weighted by molar-refractivity contribution is 0.0943. The number of nitrogen functional groups attached to an aromatic ring is 1. The molecule has 0 fully saturated rings. The summed E-state index contributed by atoms with van der Waals surface area (Å²) in [7, 11) is 0. The van der Waals surface area contributed by atoms with Gasteiger partial charge in [-0.05, 0) is 34.6 Å². The van der Waals surface area contributed by atoms with Crippen LogP contribution in [0.3, 0.4) is 0 Å². The van der Waals surface area contributed by atoms with E-state index in [2.05, 4.69) is 10.4 Å². The van der Waals surface area contributed by atoms with Crippen LogP contribution in [-0.2, 0) is 0 Å². The number of aliphatic hydroxyl groups is 1. The number of aryl methyl sites for hydroxylation is 1. The topological polar surface area (TPSA) is 76.1 Å². The Morgan fingerprint density at radius 3 is 2.50 bits per heavy atom. The van der Waals surface area contributed by atoms with Crippen LogP contribution >= 0.6 is 0 Å². The van der Waals surface area contributed by atoms with Gasteiger partial charge in [0.1, 0.15) is 5.82 Å². The van der Waals surface area contributed by atoms with E-state index >= 15 is 0 Å². The maximum Gasteiger partial charge on any atom is 0.148 e. The van der Waals surface area contributed by atoms with E-state index in [0.29, 0.717) is 12.2 Å². The van der Waals surface area contributed by atoms with Crippen molar-refractivity contribution in [2.24, 2.45) is 0 Å². The lowest BCUT2D eigenvalue weighted by Crippen LogP contribution is -2.30. The van der Waals surface area contributed by atoms with Crippen molar-refractivity contribution in [1.29, 1.82) is 0 Å². The molecule has 5 heteroatoms. The molecule has 0 aliphatic rings. The predicted octanol–water partition coefficient (Wildman–Crippen LogP) is 1.54. The monoisotopic (exact) mass is 226 g/mol. The van der Waals surface area contributed by atoms with Crippen LogP contribution in [0.25, 0.3) is 0 Å². The summed E-state index contributed by atoms with van der Waals surface area (Å²) in [5, 5.41) is 17.2. The van der Waals surface area contributed by atoms with Crippen molar-refractivity contribution in [2.45, 2.75) is 46.3 Å². The zero-order valence-electron chi connectivity index (χ0n) is 10.7. The standard InChI is InChI=1S/C11H22N4O/c1-7(2)15-10(9(12)8(3)14-15)13-6-11(4,5)16/h7,13,16H,6,12H2,1-5H3. The molecule has 92 valence electrons. The Labute approximate surface area is 96.6 Å². The zero-order valence-corrected chi connectivity index (χ0v) is 10.7. The summed E-state index contributed by atoms with van der Waals surface area (Å²) in [5.74, 6) is 0.787. The number of nitrogens with one attached hydrogen (secondary N) is 1. The Hall–Kier alpha value is -1.23. The van der Waals surface area contributed by atoms with Crippen molar-refractivity contribution in [3.63, 3.8) is 0 Å². The van der Waals surface area contributed by atoms with E-state index in [1.807, 2.05) is 25.5 Å². The van der Waals surface area contributed by atoms with E-state index in [4.69, 9.17) is 5.73 Å². The summed E-state index contributed by atoms with van der Waals surface area (Å²) in [5.41, 5.74) is 6.63. The van der Waals surface area contributed by atoms with Crippen LogP contribution in [0.4, 0.5) is 11.5 Å². The van der Waals surface area contributed by atoms with Gasteiger partial charge in [0.25, 0.3) is 0 Å². The van der Waals surface area contributed by atoms with Crippen molar-refractivity contribution in [3.05, 3.63) is 5.69 Å². The Morgan fingerprint density at radius 2 is 2.06 bits per heavy atom. The van der Waals surface area contributed by atoms with Crippen molar-refractivity contribution >= 4 is 11.5 Å². The Kier molecular flexibility index (Phi) is 3.48. The molecule has 1 rings (SSSR count). The fourth-order valence-corrected chi connectivity index (χ4v) is 1.41. The number of hydrogen-bond acceptors (Lipinski definition) is 4. The lowest BCUT2D eigenvalue weighted by Gasteiger charge is -2.20. The molecule has 0 saturated carbocycles. The first-order valence-electron chi connectivity index (χ1n) is 5.53. The number of nitrogens with zero attached hydrogens (tertiary/aromatic N) is 2. The van der Waals surface area contributed by atoms with Gasteiger partial charge in [0.15, 0.2) is 0 Å². The third-order valence-corrected chi connectivity index (χ3v) is 2.31. The third-order valence-electron chi connectivity index (χ3n) is 2.31. The molecular formula is C11H22N4O. The minimum atomic E-state index is -0.771. The Bertz CT molecular complexity index is 363. The second-order valence-corrected chi connectivity index (χ2v) is 5.05. The van der Waals surface area contributed by atoms with Crippen LogP contribution < -0.4 is 11.1 Å². The second kappa shape index (κ2) is 4.33. The molecule has 0 amide bonds. The van der Waals surface area contributed by atoms with E-state index in [1.165, 1.54) is 0 Å². The maximum absolute atomic E-state index is 9.67. The number of rotatable bonds is 4. The van der Waals surface area contributed by atoms with Crippen molar-refractivity contribution in [3.8, 4) is 0 Å². The molecule has 16 heavy (non-hydrogen) atoms. The summed E-state index contributed by atoms with van der Waals surface area (Å²) in [4.78, 5) is 0. The molecular weight excluding hydrogens is 204 g/mol. The van der Waals surface area contributed by atoms with Crippen LogP contribution in [0, 0.1) is 6.92 Å². The van der Waals surface area contributed by atoms with Crippen molar-refractivity contribution in [1.82, 2.24) is 9.78 Å². The van der Waals surface area contributed by atoms with Gasteiger partial charge in [-0.3, -0.25) is 0 Å². The first kappa shape index (κ1) is 12.8. The highest BCUT2D eigenvalue weighted by Gasteiger charge is 2.18. The Morgan fingerprint density at radius 1 is 1.50 bits per heavy atom. The first-order chi connectivity index (χ1) is 7.22. The molecule has 0 spiro atoms. The first-order valence-corrected chi connectivity index (χ1v) is 5.53. The minimum absolute atomic E-state index is 0.236. The molecule has 0 aromatic carbocycles. The fraction of sp³-hybridized carbons (Fsp3) is 0.727. The number of nitrogens with two attached hydrogens (primary N) is 1.